The lowest BCUT2D eigenvalue weighted by Crippen LogP contribution is -2.59. The summed E-state index contributed by atoms with van der Waals surface area (Å²) < 4.78 is 0. The molecule has 0 aromatic rings. The van der Waals surface area contributed by atoms with Crippen LogP contribution < -0.4 is 10.6 Å². The van der Waals surface area contributed by atoms with E-state index in [-0.39, 0.29) is 17.9 Å². The van der Waals surface area contributed by atoms with Crippen LogP contribution in [0.3, 0.4) is 0 Å². The van der Waals surface area contributed by atoms with E-state index in [1.165, 1.54) is 0 Å². The molecule has 0 aliphatic carbocycles. The highest BCUT2D eigenvalue weighted by molar-refractivity contribution is 5.84. The summed E-state index contributed by atoms with van der Waals surface area (Å²) in [5, 5.41) is 6.06. The Kier molecular flexibility index (Phi) is 5.15. The van der Waals surface area contributed by atoms with Crippen LogP contribution >= 0.6 is 0 Å². The number of likely N-dealkylation sites (N-methyl/N-ethyl adjacent to an activating group) is 1. The molecule has 6 heteroatoms. The lowest BCUT2D eigenvalue weighted by Gasteiger charge is -2.35. The molecule has 19 heavy (non-hydrogen) atoms. The fourth-order valence-corrected chi connectivity index (χ4v) is 2.73. The molecule has 2 N–H and O–H groups in total. The normalized spacial score (nSPS) is 24.5. The Balaban J connectivity index is 1.91. The molecule has 6 nitrogen and oxygen atoms in total. The Hall–Kier alpha value is -1.14. The largest absolute Gasteiger partial charge is 0.355 e. The average Bonchev–Trinajstić information content (AvgIpc) is 2.93. The minimum Gasteiger partial charge on any atom is -0.355 e. The minimum atomic E-state index is -0.222. The molecule has 108 valence electrons. The van der Waals surface area contributed by atoms with Gasteiger partial charge in [-0.15, -0.1) is 0 Å². The van der Waals surface area contributed by atoms with Gasteiger partial charge < -0.3 is 15.5 Å². The van der Waals surface area contributed by atoms with Gasteiger partial charge in [0.15, 0.2) is 0 Å². The summed E-state index contributed by atoms with van der Waals surface area (Å²) in [4.78, 5) is 28.1. The smallest absolute Gasteiger partial charge is 0.238 e. The molecular weight excluding hydrogens is 244 g/mol. The zero-order valence-electron chi connectivity index (χ0n) is 11.7. The van der Waals surface area contributed by atoms with Crippen molar-refractivity contribution in [3.8, 4) is 0 Å². The topological polar surface area (TPSA) is 64.7 Å². The van der Waals surface area contributed by atoms with Gasteiger partial charge in [0.05, 0.1) is 6.54 Å². The SMILES string of the molecule is CCNC(=O)C1CNCCN1CC(=O)N1CCCC1. The van der Waals surface area contributed by atoms with Crippen molar-refractivity contribution < 1.29 is 9.59 Å². The molecular formula is C13H24N4O2. The first kappa shape index (κ1) is 14.3. The number of likely N-dealkylation sites (tertiary alicyclic amines) is 1. The first-order chi connectivity index (χ1) is 9.22. The molecule has 2 aliphatic heterocycles. The fraction of sp³-hybridized carbons (Fsp3) is 0.846. The predicted octanol–water partition coefficient (Wildman–Crippen LogP) is -0.981. The zero-order chi connectivity index (χ0) is 13.7. The van der Waals surface area contributed by atoms with Crippen molar-refractivity contribution in [2.24, 2.45) is 0 Å². The van der Waals surface area contributed by atoms with Crippen molar-refractivity contribution in [2.75, 3.05) is 45.8 Å². The van der Waals surface area contributed by atoms with Crippen LogP contribution in [0, 0.1) is 0 Å². The van der Waals surface area contributed by atoms with Crippen molar-refractivity contribution in [3.05, 3.63) is 0 Å². The Morgan fingerprint density at radius 3 is 2.68 bits per heavy atom. The summed E-state index contributed by atoms with van der Waals surface area (Å²) in [5.41, 5.74) is 0. The van der Waals surface area contributed by atoms with Gasteiger partial charge in [-0.3, -0.25) is 14.5 Å². The summed E-state index contributed by atoms with van der Waals surface area (Å²) >= 11 is 0. The highest BCUT2D eigenvalue weighted by Gasteiger charge is 2.31. The zero-order valence-corrected chi connectivity index (χ0v) is 11.7. The second-order valence-corrected chi connectivity index (χ2v) is 5.17. The second kappa shape index (κ2) is 6.86. The molecule has 2 amide bonds. The van der Waals surface area contributed by atoms with Crippen molar-refractivity contribution in [2.45, 2.75) is 25.8 Å². The van der Waals surface area contributed by atoms with Gasteiger partial charge >= 0.3 is 0 Å². The molecule has 2 heterocycles. The molecule has 0 bridgehead atoms. The number of rotatable bonds is 4. The number of carbonyl (C=O) groups excluding carboxylic acids is 2. The van der Waals surface area contributed by atoms with Gasteiger partial charge in [-0.1, -0.05) is 0 Å². The maximum Gasteiger partial charge on any atom is 0.238 e. The number of hydrogen-bond acceptors (Lipinski definition) is 4. The Labute approximate surface area is 114 Å². The first-order valence-electron chi connectivity index (χ1n) is 7.22. The number of nitrogens with one attached hydrogen (secondary N) is 2. The minimum absolute atomic E-state index is 0.0175. The third-order valence-corrected chi connectivity index (χ3v) is 3.81. The van der Waals surface area contributed by atoms with Crippen LogP contribution in [0.2, 0.25) is 0 Å². The van der Waals surface area contributed by atoms with Gasteiger partial charge in [0.1, 0.15) is 6.04 Å². The lowest BCUT2D eigenvalue weighted by molar-refractivity contribution is -0.134. The van der Waals surface area contributed by atoms with Gasteiger partial charge in [0.25, 0.3) is 0 Å². The van der Waals surface area contributed by atoms with E-state index in [2.05, 4.69) is 10.6 Å². The number of carbonyl (C=O) groups is 2. The molecule has 2 rings (SSSR count). The predicted molar refractivity (Wildman–Crippen MR) is 72.7 cm³/mol. The molecule has 2 fully saturated rings. The van der Waals surface area contributed by atoms with E-state index in [0.717, 1.165) is 39.0 Å². The highest BCUT2D eigenvalue weighted by atomic mass is 16.2. The van der Waals surface area contributed by atoms with Crippen molar-refractivity contribution >= 4 is 11.8 Å². The van der Waals surface area contributed by atoms with Crippen molar-refractivity contribution in [1.29, 1.82) is 0 Å². The van der Waals surface area contributed by atoms with Crippen LogP contribution in [-0.4, -0.2) is 73.5 Å². The molecule has 2 aliphatic rings. The first-order valence-corrected chi connectivity index (χ1v) is 7.22. The van der Waals surface area contributed by atoms with Crippen LogP contribution in [0.4, 0.5) is 0 Å². The standard InChI is InChI=1S/C13H24N4O2/c1-2-15-13(19)11-9-14-5-8-17(11)10-12(18)16-6-3-4-7-16/h11,14H,2-10H2,1H3,(H,15,19). The Morgan fingerprint density at radius 2 is 2.00 bits per heavy atom. The van der Waals surface area contributed by atoms with Crippen LogP contribution in [0.1, 0.15) is 19.8 Å². The number of hydrogen-bond donors (Lipinski definition) is 2. The quantitative estimate of drug-likeness (QED) is 0.688. The summed E-state index contributed by atoms with van der Waals surface area (Å²) in [6, 6.07) is -0.222. The van der Waals surface area contributed by atoms with Gasteiger partial charge in [0, 0.05) is 39.3 Å². The molecule has 1 atom stereocenters. The average molecular weight is 268 g/mol. The molecule has 0 spiro atoms. The van der Waals surface area contributed by atoms with Gasteiger partial charge in [0.2, 0.25) is 11.8 Å². The van der Waals surface area contributed by atoms with Gasteiger partial charge in [-0.05, 0) is 19.8 Å². The maximum atomic E-state index is 12.2. The lowest BCUT2D eigenvalue weighted by atomic mass is 10.1. The van der Waals surface area contributed by atoms with E-state index in [4.69, 9.17) is 0 Å². The number of amides is 2. The van der Waals surface area contributed by atoms with E-state index >= 15 is 0 Å². The van der Waals surface area contributed by atoms with Crippen molar-refractivity contribution in [3.63, 3.8) is 0 Å². The van der Waals surface area contributed by atoms with E-state index in [1.807, 2.05) is 16.7 Å². The second-order valence-electron chi connectivity index (χ2n) is 5.17. The summed E-state index contributed by atoms with van der Waals surface area (Å²) in [7, 11) is 0. The summed E-state index contributed by atoms with van der Waals surface area (Å²) in [6.07, 6.45) is 2.21. The molecule has 1 unspecified atom stereocenters. The third kappa shape index (κ3) is 3.67. The molecule has 0 saturated carbocycles. The van der Waals surface area contributed by atoms with Crippen LogP contribution in [-0.2, 0) is 9.59 Å². The maximum absolute atomic E-state index is 12.2. The molecule has 2 saturated heterocycles. The van der Waals surface area contributed by atoms with E-state index < -0.39 is 0 Å². The Morgan fingerprint density at radius 1 is 1.26 bits per heavy atom. The van der Waals surface area contributed by atoms with Gasteiger partial charge in [-0.2, -0.15) is 0 Å². The fourth-order valence-electron chi connectivity index (χ4n) is 2.73. The van der Waals surface area contributed by atoms with Crippen LogP contribution in [0.25, 0.3) is 0 Å². The van der Waals surface area contributed by atoms with Gasteiger partial charge in [-0.25, -0.2) is 0 Å². The molecule has 0 aromatic heterocycles. The molecule has 0 radical (unpaired) electrons. The summed E-state index contributed by atoms with van der Waals surface area (Å²) in [5.74, 6) is 0.178. The van der Waals surface area contributed by atoms with E-state index in [0.29, 0.717) is 19.6 Å². The number of nitrogens with zero attached hydrogens (tertiary/aromatic N) is 2. The third-order valence-electron chi connectivity index (χ3n) is 3.81. The molecule has 0 aromatic carbocycles. The van der Waals surface area contributed by atoms with E-state index in [1.54, 1.807) is 0 Å². The van der Waals surface area contributed by atoms with Crippen LogP contribution in [0.15, 0.2) is 0 Å². The van der Waals surface area contributed by atoms with Crippen molar-refractivity contribution in [1.82, 2.24) is 20.4 Å². The Bertz CT molecular complexity index is 329. The highest BCUT2D eigenvalue weighted by Crippen LogP contribution is 2.10. The monoisotopic (exact) mass is 268 g/mol. The summed E-state index contributed by atoms with van der Waals surface area (Å²) in [6.45, 7) is 6.86. The van der Waals surface area contributed by atoms with Crippen LogP contribution in [0.5, 0.6) is 0 Å². The van der Waals surface area contributed by atoms with E-state index in [9.17, 15) is 9.59 Å². The number of piperazine rings is 1.